The number of rotatable bonds is 5. The summed E-state index contributed by atoms with van der Waals surface area (Å²) in [6, 6.07) is 5.79. The van der Waals surface area contributed by atoms with E-state index in [-0.39, 0.29) is 5.97 Å². The van der Waals surface area contributed by atoms with Crippen molar-refractivity contribution in [2.24, 2.45) is 5.92 Å². The SMILES string of the molecule is COc1ccc(C(=O)OC[C@@H]2CCC[N+]3(C)CCCCC23)cc1OC. The molecule has 2 fully saturated rings. The lowest BCUT2D eigenvalue weighted by molar-refractivity contribution is -0.947. The van der Waals surface area contributed by atoms with E-state index in [2.05, 4.69) is 7.05 Å². The summed E-state index contributed by atoms with van der Waals surface area (Å²) in [6.45, 7) is 3.06. The molecule has 0 saturated carbocycles. The Hall–Kier alpha value is -1.75. The van der Waals surface area contributed by atoms with Gasteiger partial charge in [0.1, 0.15) is 6.61 Å². The summed E-state index contributed by atoms with van der Waals surface area (Å²) < 4.78 is 17.3. The van der Waals surface area contributed by atoms with E-state index in [1.807, 2.05) is 0 Å². The van der Waals surface area contributed by atoms with Gasteiger partial charge in [0.15, 0.2) is 11.5 Å². The largest absolute Gasteiger partial charge is 0.493 e. The molecule has 0 radical (unpaired) electrons. The fraction of sp³-hybridized carbons (Fsp3) is 0.650. The highest BCUT2D eigenvalue weighted by atomic mass is 16.5. The zero-order chi connectivity index (χ0) is 17.9. The second-order valence-electron chi connectivity index (χ2n) is 7.56. The van der Waals surface area contributed by atoms with Gasteiger partial charge >= 0.3 is 5.97 Å². The summed E-state index contributed by atoms with van der Waals surface area (Å²) in [5.74, 6) is 1.35. The molecule has 3 atom stereocenters. The van der Waals surface area contributed by atoms with Crippen molar-refractivity contribution >= 4 is 5.97 Å². The minimum absolute atomic E-state index is 0.281. The number of methoxy groups -OCH3 is 2. The smallest absolute Gasteiger partial charge is 0.338 e. The molecule has 0 bridgehead atoms. The molecule has 5 nitrogen and oxygen atoms in total. The highest BCUT2D eigenvalue weighted by Gasteiger charge is 2.43. The maximum absolute atomic E-state index is 12.5. The second kappa shape index (κ2) is 7.65. The van der Waals surface area contributed by atoms with Gasteiger partial charge in [-0.25, -0.2) is 4.79 Å². The molecule has 1 aromatic rings. The molecule has 25 heavy (non-hydrogen) atoms. The Kier molecular flexibility index (Phi) is 5.52. The average Bonchev–Trinajstić information content (AvgIpc) is 2.64. The summed E-state index contributed by atoms with van der Waals surface area (Å²) in [7, 11) is 5.53. The van der Waals surface area contributed by atoms with Gasteiger partial charge in [-0.1, -0.05) is 0 Å². The van der Waals surface area contributed by atoms with Crippen LogP contribution in [0, 0.1) is 5.92 Å². The molecule has 138 valence electrons. The number of hydrogen-bond acceptors (Lipinski definition) is 4. The van der Waals surface area contributed by atoms with Crippen LogP contribution in [0.3, 0.4) is 0 Å². The van der Waals surface area contributed by atoms with Crippen LogP contribution in [0.5, 0.6) is 11.5 Å². The van der Waals surface area contributed by atoms with E-state index in [9.17, 15) is 4.79 Å². The van der Waals surface area contributed by atoms with E-state index in [0.717, 1.165) is 6.42 Å². The van der Waals surface area contributed by atoms with E-state index in [1.165, 1.54) is 43.3 Å². The Balaban J connectivity index is 1.64. The third kappa shape index (κ3) is 3.76. The van der Waals surface area contributed by atoms with Crippen molar-refractivity contribution < 1.29 is 23.5 Å². The second-order valence-corrected chi connectivity index (χ2v) is 7.56. The van der Waals surface area contributed by atoms with Crippen LogP contribution in [0.4, 0.5) is 0 Å². The van der Waals surface area contributed by atoms with Crippen LogP contribution in [0.25, 0.3) is 0 Å². The van der Waals surface area contributed by atoms with E-state index in [4.69, 9.17) is 14.2 Å². The van der Waals surface area contributed by atoms with E-state index in [1.54, 1.807) is 32.4 Å². The van der Waals surface area contributed by atoms with Crippen LogP contribution < -0.4 is 9.47 Å². The summed E-state index contributed by atoms with van der Waals surface area (Å²) in [5.41, 5.74) is 0.509. The van der Waals surface area contributed by atoms with E-state index in [0.29, 0.717) is 35.6 Å². The molecule has 2 heterocycles. The van der Waals surface area contributed by atoms with Crippen LogP contribution in [0.1, 0.15) is 42.5 Å². The number of benzene rings is 1. The van der Waals surface area contributed by atoms with Gasteiger partial charge in [0.2, 0.25) is 0 Å². The standard InChI is InChI=1S/C20H30NO4/c1-21-11-5-4-8-17(21)16(7-6-12-21)14-25-20(22)15-9-10-18(23-2)19(13-15)24-3/h9-10,13,16-17H,4-8,11-12,14H2,1-3H3/q+1/t16-,17?,21?/m0/s1. The number of nitrogens with zero attached hydrogens (tertiary/aromatic N) is 1. The van der Waals surface area contributed by atoms with Crippen molar-refractivity contribution in [2.75, 3.05) is 41.0 Å². The van der Waals surface area contributed by atoms with Crippen molar-refractivity contribution in [3.8, 4) is 11.5 Å². The van der Waals surface area contributed by atoms with Gasteiger partial charge in [0, 0.05) is 12.3 Å². The minimum atomic E-state index is -0.281. The summed E-state index contributed by atoms with van der Waals surface area (Å²) in [6.07, 6.45) is 6.28. The van der Waals surface area contributed by atoms with Gasteiger partial charge in [-0.15, -0.1) is 0 Å². The van der Waals surface area contributed by atoms with Gasteiger partial charge in [-0.3, -0.25) is 0 Å². The monoisotopic (exact) mass is 348 g/mol. The van der Waals surface area contributed by atoms with Crippen molar-refractivity contribution in [1.82, 2.24) is 0 Å². The summed E-state index contributed by atoms with van der Waals surface area (Å²) in [4.78, 5) is 12.5. The lowest BCUT2D eigenvalue weighted by atomic mass is 9.82. The number of fused-ring (bicyclic) bond motifs is 1. The van der Waals surface area contributed by atoms with Gasteiger partial charge in [-0.05, 0) is 43.9 Å². The van der Waals surface area contributed by atoms with Gasteiger partial charge in [0.25, 0.3) is 0 Å². The molecule has 2 unspecified atom stereocenters. The first-order chi connectivity index (χ1) is 12.1. The molecule has 0 spiro atoms. The van der Waals surface area contributed by atoms with Crippen LogP contribution in [0.15, 0.2) is 18.2 Å². The first-order valence-corrected chi connectivity index (χ1v) is 9.31. The van der Waals surface area contributed by atoms with Gasteiger partial charge in [-0.2, -0.15) is 0 Å². The molecule has 1 aromatic carbocycles. The molecule has 3 rings (SSSR count). The van der Waals surface area contributed by atoms with Crippen molar-refractivity contribution in [3.63, 3.8) is 0 Å². The number of hydrogen-bond donors (Lipinski definition) is 0. The van der Waals surface area contributed by atoms with Gasteiger partial charge < -0.3 is 18.7 Å². The third-order valence-electron chi connectivity index (χ3n) is 6.06. The zero-order valence-electron chi connectivity index (χ0n) is 15.6. The minimum Gasteiger partial charge on any atom is -0.493 e. The number of ether oxygens (including phenoxy) is 3. The van der Waals surface area contributed by atoms with Crippen molar-refractivity contribution in [1.29, 1.82) is 0 Å². The Morgan fingerprint density at radius 1 is 1.08 bits per heavy atom. The number of quaternary nitrogens is 1. The fourth-order valence-corrected chi connectivity index (χ4v) is 4.66. The molecule has 0 N–H and O–H groups in total. The molecule has 0 aliphatic carbocycles. The predicted octanol–water partition coefficient (Wildman–Crippen LogP) is 3.27. The number of piperidine rings is 2. The van der Waals surface area contributed by atoms with Crippen LogP contribution in [-0.4, -0.2) is 57.5 Å². The van der Waals surface area contributed by atoms with Crippen molar-refractivity contribution in [2.45, 2.75) is 38.1 Å². The highest BCUT2D eigenvalue weighted by molar-refractivity contribution is 5.90. The molecule has 5 heteroatoms. The maximum atomic E-state index is 12.5. The molecule has 2 saturated heterocycles. The molecule has 2 aliphatic heterocycles. The Labute approximate surface area is 150 Å². The zero-order valence-corrected chi connectivity index (χ0v) is 15.6. The quantitative estimate of drug-likeness (QED) is 0.605. The molecule has 0 amide bonds. The van der Waals surface area contributed by atoms with E-state index >= 15 is 0 Å². The Morgan fingerprint density at radius 2 is 1.84 bits per heavy atom. The highest BCUT2D eigenvalue weighted by Crippen LogP contribution is 2.36. The first kappa shape index (κ1) is 18.1. The number of esters is 1. The van der Waals surface area contributed by atoms with Crippen LogP contribution in [0.2, 0.25) is 0 Å². The Bertz CT molecular complexity index is 614. The molecular formula is C20H30NO4+. The lowest BCUT2D eigenvalue weighted by Gasteiger charge is -2.51. The summed E-state index contributed by atoms with van der Waals surface area (Å²) >= 11 is 0. The van der Waals surface area contributed by atoms with Gasteiger partial charge in [0.05, 0.1) is 46.0 Å². The van der Waals surface area contributed by atoms with Crippen LogP contribution >= 0.6 is 0 Å². The molecule has 0 aromatic heterocycles. The lowest BCUT2D eigenvalue weighted by Crippen LogP contribution is -2.61. The third-order valence-corrected chi connectivity index (χ3v) is 6.06. The molecule has 2 aliphatic rings. The number of carbonyl (C=O) groups is 1. The molecular weight excluding hydrogens is 318 g/mol. The van der Waals surface area contributed by atoms with Crippen molar-refractivity contribution in [3.05, 3.63) is 23.8 Å². The maximum Gasteiger partial charge on any atom is 0.338 e. The fourth-order valence-electron chi connectivity index (χ4n) is 4.66. The first-order valence-electron chi connectivity index (χ1n) is 9.31. The normalized spacial score (nSPS) is 28.8. The van der Waals surface area contributed by atoms with E-state index < -0.39 is 0 Å². The number of carbonyl (C=O) groups excluding carboxylic acids is 1. The average molecular weight is 348 g/mol. The summed E-state index contributed by atoms with van der Waals surface area (Å²) in [5, 5.41) is 0. The predicted molar refractivity (Wildman–Crippen MR) is 96.1 cm³/mol. The Morgan fingerprint density at radius 3 is 2.60 bits per heavy atom. The topological polar surface area (TPSA) is 44.8 Å². The van der Waals surface area contributed by atoms with Crippen LogP contribution in [-0.2, 0) is 4.74 Å².